The molecule has 0 fully saturated rings. The molecule has 0 saturated heterocycles. The number of aryl methyl sites for hydroxylation is 2. The number of hydrogen-bond acceptors (Lipinski definition) is 5. The molecule has 4 rings (SSSR count). The number of carbonyl (C=O) groups is 1. The van der Waals surface area contributed by atoms with Crippen LogP contribution in [0.3, 0.4) is 0 Å². The molecule has 10 heteroatoms. The molecule has 3 N–H and O–H groups in total. The van der Waals surface area contributed by atoms with Crippen LogP contribution in [0.4, 0.5) is 10.1 Å². The van der Waals surface area contributed by atoms with Crippen molar-refractivity contribution in [3.05, 3.63) is 69.0 Å². The maximum Gasteiger partial charge on any atom is 0.346 e. The number of carbonyl (C=O) groups excluding carboxylic acids is 1. The Balaban J connectivity index is 0.00000272. The average Bonchev–Trinajstić information content (AvgIpc) is 3.34. The summed E-state index contributed by atoms with van der Waals surface area (Å²) >= 11 is 1.61. The summed E-state index contributed by atoms with van der Waals surface area (Å²) in [6.07, 6.45) is 3.12. The van der Waals surface area contributed by atoms with Crippen LogP contribution in [0.15, 0.2) is 47.3 Å². The number of rotatable bonds is 6. The topological polar surface area (TPSA) is 94.9 Å². The average molecular weight is 464 g/mol. The molecule has 1 aliphatic rings. The lowest BCUT2D eigenvalue weighted by atomic mass is 9.96. The summed E-state index contributed by atoms with van der Waals surface area (Å²) < 4.78 is 15.4. The van der Waals surface area contributed by atoms with E-state index in [1.54, 1.807) is 11.3 Å². The summed E-state index contributed by atoms with van der Waals surface area (Å²) in [7, 11) is 0. The van der Waals surface area contributed by atoms with Crippen molar-refractivity contribution in [3.63, 3.8) is 0 Å². The van der Waals surface area contributed by atoms with E-state index in [-0.39, 0.29) is 37.1 Å². The van der Waals surface area contributed by atoms with Gasteiger partial charge in [0.25, 0.3) is 0 Å². The molecule has 2 aromatic heterocycles. The van der Waals surface area contributed by atoms with Crippen molar-refractivity contribution in [2.75, 3.05) is 11.9 Å². The number of aromatic nitrogens is 3. The van der Waals surface area contributed by atoms with Crippen molar-refractivity contribution < 1.29 is 9.18 Å². The number of halogens is 2. The molecule has 1 amide bonds. The van der Waals surface area contributed by atoms with E-state index in [0.29, 0.717) is 24.9 Å². The van der Waals surface area contributed by atoms with Gasteiger partial charge in [0.1, 0.15) is 6.33 Å². The molecule has 0 spiro atoms. The second-order valence-corrected chi connectivity index (χ2v) is 8.48. The number of benzene rings is 1. The molecule has 0 radical (unpaired) electrons. The number of thiophene rings is 1. The van der Waals surface area contributed by atoms with Gasteiger partial charge < -0.3 is 11.1 Å². The van der Waals surface area contributed by atoms with Crippen LogP contribution in [0, 0.1) is 6.92 Å². The van der Waals surface area contributed by atoms with Gasteiger partial charge in [-0.25, -0.2) is 13.9 Å². The molecule has 7 nitrogen and oxygen atoms in total. The van der Waals surface area contributed by atoms with Gasteiger partial charge in [0, 0.05) is 28.4 Å². The molecule has 3 aromatic rings. The highest BCUT2D eigenvalue weighted by Crippen LogP contribution is 2.35. The number of hydrogen-bond donors (Lipinski definition) is 2. The minimum Gasteiger partial charge on any atom is -0.327 e. The third-order valence-electron chi connectivity index (χ3n) is 5.14. The molecule has 0 atom stereocenters. The Morgan fingerprint density at radius 2 is 2.13 bits per heavy atom. The number of nitrogens with one attached hydrogen (secondary N) is 1. The van der Waals surface area contributed by atoms with E-state index in [1.165, 1.54) is 15.6 Å². The Bertz CT molecular complexity index is 1200. The summed E-state index contributed by atoms with van der Waals surface area (Å²) in [5, 5.41) is 7.01. The van der Waals surface area contributed by atoms with Gasteiger partial charge in [0.05, 0.1) is 19.4 Å². The molecule has 0 aliphatic carbocycles. The first-order chi connectivity index (χ1) is 14.5. The van der Waals surface area contributed by atoms with E-state index in [0.717, 1.165) is 38.6 Å². The van der Waals surface area contributed by atoms with Gasteiger partial charge >= 0.3 is 5.69 Å². The zero-order valence-electron chi connectivity index (χ0n) is 16.9. The SMILES string of the molecule is Cc1cc(-c2ccc(Cn3cnn(C/C(=C/F)CN)c3=O)s2)cc2c1NC(=O)CC2.Cl. The second kappa shape index (κ2) is 9.59. The van der Waals surface area contributed by atoms with E-state index in [2.05, 4.69) is 22.5 Å². The van der Waals surface area contributed by atoms with Gasteiger partial charge in [-0.1, -0.05) is 0 Å². The Hall–Kier alpha value is -2.75. The zero-order chi connectivity index (χ0) is 21.3. The van der Waals surface area contributed by atoms with Crippen molar-refractivity contribution >= 4 is 35.3 Å². The number of nitrogens with two attached hydrogens (primary N) is 1. The number of nitrogens with zero attached hydrogens (tertiary/aromatic N) is 3. The standard InChI is InChI=1S/C21H22FN5O2S.ClH/c1-13-6-16(7-15-2-5-19(28)25-20(13)15)18-4-3-17(30-18)11-26-12-24-27(21(26)29)10-14(8-22)9-23;/h3-4,6-8,12H,2,5,9-11,23H2,1H3,(H,25,28);1H/b14-8+;. The largest absolute Gasteiger partial charge is 0.346 e. The summed E-state index contributed by atoms with van der Waals surface area (Å²) in [4.78, 5) is 26.3. The fraction of sp³-hybridized carbons (Fsp3) is 0.286. The molecule has 1 aromatic carbocycles. The molecule has 3 heterocycles. The van der Waals surface area contributed by atoms with Gasteiger partial charge in [-0.3, -0.25) is 9.36 Å². The molecule has 1 aliphatic heterocycles. The number of amides is 1. The fourth-order valence-corrected chi connectivity index (χ4v) is 4.53. The smallest absolute Gasteiger partial charge is 0.327 e. The van der Waals surface area contributed by atoms with E-state index in [1.807, 2.05) is 19.1 Å². The van der Waals surface area contributed by atoms with Gasteiger partial charge in [0.15, 0.2) is 0 Å². The van der Waals surface area contributed by atoms with Gasteiger partial charge in [0.2, 0.25) is 5.91 Å². The minimum atomic E-state index is -0.307. The van der Waals surface area contributed by atoms with E-state index >= 15 is 0 Å². The highest BCUT2D eigenvalue weighted by atomic mass is 35.5. The van der Waals surface area contributed by atoms with Crippen molar-refractivity contribution in [1.29, 1.82) is 0 Å². The van der Waals surface area contributed by atoms with Crippen molar-refractivity contribution in [2.24, 2.45) is 5.73 Å². The summed E-state index contributed by atoms with van der Waals surface area (Å²) in [5.74, 6) is 0.0586. The van der Waals surface area contributed by atoms with Crippen LogP contribution in [0.1, 0.15) is 22.4 Å². The van der Waals surface area contributed by atoms with Crippen LogP contribution in [-0.2, 0) is 24.3 Å². The van der Waals surface area contributed by atoms with Gasteiger partial charge in [-0.2, -0.15) is 5.10 Å². The Morgan fingerprint density at radius 3 is 2.87 bits per heavy atom. The second-order valence-electron chi connectivity index (χ2n) is 7.31. The maximum absolute atomic E-state index is 12.7. The van der Waals surface area contributed by atoms with Crippen LogP contribution < -0.4 is 16.7 Å². The predicted molar refractivity (Wildman–Crippen MR) is 123 cm³/mol. The van der Waals surface area contributed by atoms with Gasteiger partial charge in [-0.05, 0) is 59.9 Å². The predicted octanol–water partition coefficient (Wildman–Crippen LogP) is 3.25. The Morgan fingerprint density at radius 1 is 1.32 bits per heavy atom. The Kier molecular flexibility index (Phi) is 7.09. The first-order valence-electron chi connectivity index (χ1n) is 9.61. The van der Waals surface area contributed by atoms with Crippen LogP contribution in [0.2, 0.25) is 0 Å². The van der Waals surface area contributed by atoms with E-state index in [4.69, 9.17) is 5.73 Å². The van der Waals surface area contributed by atoms with Crippen LogP contribution in [-0.4, -0.2) is 26.8 Å². The maximum atomic E-state index is 12.7. The minimum absolute atomic E-state index is 0. The summed E-state index contributed by atoms with van der Waals surface area (Å²) in [6.45, 7) is 2.46. The monoisotopic (exact) mass is 463 g/mol. The first-order valence-corrected chi connectivity index (χ1v) is 10.4. The zero-order valence-corrected chi connectivity index (χ0v) is 18.6. The van der Waals surface area contributed by atoms with E-state index < -0.39 is 0 Å². The molecular weight excluding hydrogens is 441 g/mol. The van der Waals surface area contributed by atoms with Crippen LogP contribution in [0.5, 0.6) is 0 Å². The first kappa shape index (κ1) is 22.9. The third kappa shape index (κ3) is 4.79. The van der Waals surface area contributed by atoms with Crippen molar-refractivity contribution in [3.8, 4) is 10.4 Å². The van der Waals surface area contributed by atoms with Crippen LogP contribution >= 0.6 is 23.7 Å². The summed E-state index contributed by atoms with van der Waals surface area (Å²) in [6, 6.07) is 8.23. The molecule has 31 heavy (non-hydrogen) atoms. The lowest BCUT2D eigenvalue weighted by Gasteiger charge is -2.20. The normalized spacial score (nSPS) is 13.5. The molecule has 0 saturated carbocycles. The molecule has 164 valence electrons. The highest BCUT2D eigenvalue weighted by Gasteiger charge is 2.18. The number of fused-ring (bicyclic) bond motifs is 1. The molecule has 0 bridgehead atoms. The lowest BCUT2D eigenvalue weighted by Crippen LogP contribution is -2.26. The molecular formula is C21H23ClFN5O2S. The van der Waals surface area contributed by atoms with Crippen molar-refractivity contribution in [1.82, 2.24) is 14.3 Å². The van der Waals surface area contributed by atoms with E-state index in [9.17, 15) is 14.0 Å². The lowest BCUT2D eigenvalue weighted by molar-refractivity contribution is -0.116. The van der Waals surface area contributed by atoms with Gasteiger partial charge in [-0.15, -0.1) is 23.7 Å². The van der Waals surface area contributed by atoms with Crippen LogP contribution in [0.25, 0.3) is 10.4 Å². The summed E-state index contributed by atoms with van der Waals surface area (Å²) in [5.41, 5.74) is 9.66. The quantitative estimate of drug-likeness (QED) is 0.586. The third-order valence-corrected chi connectivity index (χ3v) is 6.26. The fourth-order valence-electron chi connectivity index (χ4n) is 3.54. The Labute approximate surface area is 188 Å². The number of anilines is 1. The highest BCUT2D eigenvalue weighted by molar-refractivity contribution is 7.15. The molecule has 0 unspecified atom stereocenters. The van der Waals surface area contributed by atoms with Crippen molar-refractivity contribution in [2.45, 2.75) is 32.9 Å².